The lowest BCUT2D eigenvalue weighted by Gasteiger charge is -2.35. The molecule has 7 nitrogen and oxygen atoms in total. The zero-order valence-corrected chi connectivity index (χ0v) is 17.7. The molecular formula is C20H28N6OS. The summed E-state index contributed by atoms with van der Waals surface area (Å²) in [4.78, 5) is 24.4. The lowest BCUT2D eigenvalue weighted by Crippen LogP contribution is -2.49. The summed E-state index contributed by atoms with van der Waals surface area (Å²) in [5.41, 5.74) is 0.837. The summed E-state index contributed by atoms with van der Waals surface area (Å²) in [7, 11) is 0. The van der Waals surface area contributed by atoms with Crippen molar-refractivity contribution < 1.29 is 4.79 Å². The average Bonchev–Trinajstić information content (AvgIpc) is 3.06. The van der Waals surface area contributed by atoms with Crippen molar-refractivity contribution in [2.75, 3.05) is 49.1 Å². The Morgan fingerprint density at radius 2 is 1.54 bits per heavy atom. The van der Waals surface area contributed by atoms with Gasteiger partial charge in [0.1, 0.15) is 4.88 Å². The Balaban J connectivity index is 1.35. The van der Waals surface area contributed by atoms with Crippen LogP contribution in [0.5, 0.6) is 0 Å². The van der Waals surface area contributed by atoms with Crippen molar-refractivity contribution in [1.82, 2.24) is 20.1 Å². The van der Waals surface area contributed by atoms with E-state index in [0.717, 1.165) is 59.3 Å². The molecule has 2 saturated heterocycles. The van der Waals surface area contributed by atoms with Gasteiger partial charge >= 0.3 is 0 Å². The maximum Gasteiger partial charge on any atom is 0.265 e. The molecule has 2 aromatic heterocycles. The highest BCUT2D eigenvalue weighted by Crippen LogP contribution is 2.23. The first-order valence-electron chi connectivity index (χ1n) is 10.1. The first-order chi connectivity index (χ1) is 13.5. The van der Waals surface area contributed by atoms with Gasteiger partial charge in [0, 0.05) is 39.3 Å². The van der Waals surface area contributed by atoms with E-state index in [-0.39, 0.29) is 5.91 Å². The van der Waals surface area contributed by atoms with Crippen LogP contribution in [0, 0.1) is 19.8 Å². The molecule has 2 aromatic rings. The van der Waals surface area contributed by atoms with Crippen LogP contribution in [-0.2, 0) is 0 Å². The SMILES string of the molecule is Cc1nc(C)c(C(=O)N2CCN(c3ccc(N4CCC(C)CC4)nn3)CC2)s1. The van der Waals surface area contributed by atoms with Gasteiger partial charge in [-0.2, -0.15) is 0 Å². The molecule has 0 radical (unpaired) electrons. The monoisotopic (exact) mass is 400 g/mol. The number of aromatic nitrogens is 3. The zero-order chi connectivity index (χ0) is 19.7. The van der Waals surface area contributed by atoms with Crippen LogP contribution in [0.4, 0.5) is 11.6 Å². The molecular weight excluding hydrogens is 372 g/mol. The minimum Gasteiger partial charge on any atom is -0.355 e. The number of aryl methyl sites for hydroxylation is 2. The van der Waals surface area contributed by atoms with Gasteiger partial charge in [0.05, 0.1) is 10.7 Å². The summed E-state index contributed by atoms with van der Waals surface area (Å²) in [6.45, 7) is 11.2. The van der Waals surface area contributed by atoms with E-state index in [9.17, 15) is 4.79 Å². The number of piperazine rings is 1. The molecule has 28 heavy (non-hydrogen) atoms. The summed E-state index contributed by atoms with van der Waals surface area (Å²) < 4.78 is 0. The number of anilines is 2. The van der Waals surface area contributed by atoms with E-state index in [0.29, 0.717) is 13.1 Å². The number of nitrogens with zero attached hydrogens (tertiary/aromatic N) is 6. The van der Waals surface area contributed by atoms with E-state index in [4.69, 9.17) is 0 Å². The predicted molar refractivity (Wildman–Crippen MR) is 112 cm³/mol. The van der Waals surface area contributed by atoms with Crippen LogP contribution in [0.1, 0.15) is 40.1 Å². The van der Waals surface area contributed by atoms with Gasteiger partial charge in [-0.05, 0) is 44.7 Å². The molecule has 0 aliphatic carbocycles. The number of thiazole rings is 1. The highest BCUT2D eigenvalue weighted by Gasteiger charge is 2.26. The van der Waals surface area contributed by atoms with Crippen molar-refractivity contribution in [3.8, 4) is 0 Å². The molecule has 1 amide bonds. The van der Waals surface area contributed by atoms with Gasteiger partial charge in [0.2, 0.25) is 0 Å². The summed E-state index contributed by atoms with van der Waals surface area (Å²) in [6.07, 6.45) is 2.44. The average molecular weight is 401 g/mol. The highest BCUT2D eigenvalue weighted by molar-refractivity contribution is 7.13. The Hall–Kier alpha value is -2.22. The van der Waals surface area contributed by atoms with E-state index in [2.05, 4.69) is 44.0 Å². The third-order valence-electron chi connectivity index (χ3n) is 5.73. The fourth-order valence-electron chi connectivity index (χ4n) is 3.91. The maximum absolute atomic E-state index is 12.8. The molecule has 0 atom stereocenters. The fourth-order valence-corrected chi connectivity index (χ4v) is 4.79. The number of carbonyl (C=O) groups is 1. The Morgan fingerprint density at radius 1 is 0.964 bits per heavy atom. The Kier molecular flexibility index (Phi) is 5.48. The minimum absolute atomic E-state index is 0.100. The molecule has 2 fully saturated rings. The van der Waals surface area contributed by atoms with Crippen molar-refractivity contribution in [3.63, 3.8) is 0 Å². The van der Waals surface area contributed by atoms with Crippen LogP contribution in [0.2, 0.25) is 0 Å². The Morgan fingerprint density at radius 3 is 2.04 bits per heavy atom. The van der Waals surface area contributed by atoms with Crippen molar-refractivity contribution in [3.05, 3.63) is 27.7 Å². The molecule has 0 bridgehead atoms. The molecule has 4 heterocycles. The topological polar surface area (TPSA) is 65.5 Å². The number of piperidine rings is 1. The maximum atomic E-state index is 12.8. The van der Waals surface area contributed by atoms with Gasteiger partial charge in [-0.25, -0.2) is 4.98 Å². The molecule has 150 valence electrons. The van der Waals surface area contributed by atoms with Gasteiger partial charge in [-0.1, -0.05) is 6.92 Å². The summed E-state index contributed by atoms with van der Waals surface area (Å²) in [5.74, 6) is 2.77. The first-order valence-corrected chi connectivity index (χ1v) is 10.9. The van der Waals surface area contributed by atoms with Crippen molar-refractivity contribution in [2.24, 2.45) is 5.92 Å². The Labute approximate surface area is 170 Å². The molecule has 0 saturated carbocycles. The number of amides is 1. The molecule has 0 aromatic carbocycles. The quantitative estimate of drug-likeness (QED) is 0.789. The van der Waals surface area contributed by atoms with Crippen LogP contribution in [0.25, 0.3) is 0 Å². The first kappa shape index (κ1) is 19.1. The lowest BCUT2D eigenvalue weighted by molar-refractivity contribution is 0.0750. The van der Waals surface area contributed by atoms with Crippen LogP contribution in [0.15, 0.2) is 12.1 Å². The van der Waals surface area contributed by atoms with Gasteiger partial charge in [-0.15, -0.1) is 21.5 Å². The van der Waals surface area contributed by atoms with Crippen molar-refractivity contribution in [1.29, 1.82) is 0 Å². The molecule has 8 heteroatoms. The Bertz CT molecular complexity index is 820. The van der Waals surface area contributed by atoms with Gasteiger partial charge in [0.25, 0.3) is 5.91 Å². The largest absolute Gasteiger partial charge is 0.355 e. The van der Waals surface area contributed by atoms with E-state index in [1.54, 1.807) is 0 Å². The molecule has 4 rings (SSSR count). The smallest absolute Gasteiger partial charge is 0.265 e. The normalized spacial score (nSPS) is 18.6. The summed E-state index contributed by atoms with van der Waals surface area (Å²) in [5, 5.41) is 9.87. The molecule has 2 aliphatic rings. The predicted octanol–water partition coefficient (Wildman–Crippen LogP) is 2.75. The van der Waals surface area contributed by atoms with Crippen LogP contribution < -0.4 is 9.80 Å². The third-order valence-corrected chi connectivity index (χ3v) is 6.79. The van der Waals surface area contributed by atoms with E-state index < -0.39 is 0 Å². The standard InChI is InChI=1S/C20H28N6OS/c1-14-6-8-24(9-7-14)17-4-5-18(23-22-17)25-10-12-26(13-11-25)20(27)19-15(2)21-16(3)28-19/h4-5,14H,6-13H2,1-3H3. The van der Waals surface area contributed by atoms with Gasteiger partial charge in [0.15, 0.2) is 11.6 Å². The molecule has 0 unspecified atom stereocenters. The number of carbonyl (C=O) groups excluding carboxylic acids is 1. The molecule has 0 N–H and O–H groups in total. The third kappa shape index (κ3) is 3.97. The minimum atomic E-state index is 0.100. The van der Waals surface area contributed by atoms with E-state index in [1.165, 1.54) is 24.2 Å². The van der Waals surface area contributed by atoms with Crippen molar-refractivity contribution >= 4 is 28.9 Å². The summed E-state index contributed by atoms with van der Waals surface area (Å²) >= 11 is 1.49. The van der Waals surface area contributed by atoms with E-state index in [1.807, 2.05) is 18.7 Å². The zero-order valence-electron chi connectivity index (χ0n) is 16.9. The van der Waals surface area contributed by atoms with E-state index >= 15 is 0 Å². The second-order valence-electron chi connectivity index (χ2n) is 7.85. The van der Waals surface area contributed by atoms with Gasteiger partial charge < -0.3 is 14.7 Å². The second kappa shape index (κ2) is 8.03. The second-order valence-corrected chi connectivity index (χ2v) is 9.05. The molecule has 2 aliphatic heterocycles. The van der Waals surface area contributed by atoms with Crippen LogP contribution in [-0.4, -0.2) is 65.3 Å². The number of rotatable bonds is 3. The van der Waals surface area contributed by atoms with Crippen molar-refractivity contribution in [2.45, 2.75) is 33.6 Å². The summed E-state index contributed by atoms with van der Waals surface area (Å²) in [6, 6.07) is 4.15. The lowest BCUT2D eigenvalue weighted by atomic mass is 9.99. The number of hydrogen-bond acceptors (Lipinski definition) is 7. The molecule has 0 spiro atoms. The van der Waals surface area contributed by atoms with Gasteiger partial charge in [-0.3, -0.25) is 4.79 Å². The fraction of sp³-hybridized carbons (Fsp3) is 0.600. The van der Waals surface area contributed by atoms with Crippen LogP contribution in [0.3, 0.4) is 0 Å². The van der Waals surface area contributed by atoms with Crippen LogP contribution >= 0.6 is 11.3 Å². The highest BCUT2D eigenvalue weighted by atomic mass is 32.1. The number of hydrogen-bond donors (Lipinski definition) is 0.